The van der Waals surface area contributed by atoms with Crippen molar-refractivity contribution in [1.29, 1.82) is 0 Å². The number of rotatable bonds is 3. The highest BCUT2D eigenvalue weighted by Gasteiger charge is 2.13. The summed E-state index contributed by atoms with van der Waals surface area (Å²) in [7, 11) is 2.13. The number of fused-ring (bicyclic) bond motifs is 1. The predicted octanol–water partition coefficient (Wildman–Crippen LogP) is 5.45. The fourth-order valence-corrected chi connectivity index (χ4v) is 3.50. The molecule has 0 atom stereocenters. The summed E-state index contributed by atoms with van der Waals surface area (Å²) < 4.78 is 2.27. The molecule has 2 nitrogen and oxygen atoms in total. The number of benzene rings is 3. The molecule has 1 aromatic heterocycles. The average Bonchev–Trinajstić information content (AvgIpc) is 2.88. The molecule has 124 valence electrons. The molecule has 0 spiro atoms. The normalized spacial score (nSPS) is 11.1. The Balaban J connectivity index is 1.85. The predicted molar refractivity (Wildman–Crippen MR) is 104 cm³/mol. The largest absolute Gasteiger partial charge is 0.508 e. The van der Waals surface area contributed by atoms with Crippen molar-refractivity contribution in [2.45, 2.75) is 13.3 Å². The summed E-state index contributed by atoms with van der Waals surface area (Å²) in [6, 6.07) is 24.6. The maximum absolute atomic E-state index is 9.52. The molecule has 0 aliphatic rings. The van der Waals surface area contributed by atoms with Crippen LogP contribution in [0.15, 0.2) is 72.8 Å². The zero-order valence-corrected chi connectivity index (χ0v) is 14.5. The lowest BCUT2D eigenvalue weighted by Gasteiger charge is -2.05. The van der Waals surface area contributed by atoms with E-state index in [0.717, 1.165) is 12.0 Å². The molecular weight excluding hydrogens is 306 g/mol. The van der Waals surface area contributed by atoms with Crippen molar-refractivity contribution >= 4 is 10.9 Å². The van der Waals surface area contributed by atoms with Crippen LogP contribution in [0.3, 0.4) is 0 Å². The van der Waals surface area contributed by atoms with Gasteiger partial charge in [0.2, 0.25) is 0 Å². The van der Waals surface area contributed by atoms with Crippen molar-refractivity contribution in [1.82, 2.24) is 4.57 Å². The Bertz CT molecular complexity index is 1030. The molecule has 0 unspecified atom stereocenters. The maximum Gasteiger partial charge on any atom is 0.115 e. The van der Waals surface area contributed by atoms with Gasteiger partial charge in [-0.15, -0.1) is 0 Å². The zero-order chi connectivity index (χ0) is 17.4. The minimum absolute atomic E-state index is 0.296. The summed E-state index contributed by atoms with van der Waals surface area (Å²) in [6.45, 7) is 2.19. The van der Waals surface area contributed by atoms with Gasteiger partial charge in [-0.05, 0) is 59.9 Å². The van der Waals surface area contributed by atoms with Gasteiger partial charge in [0, 0.05) is 23.6 Å². The van der Waals surface area contributed by atoms with Crippen molar-refractivity contribution < 1.29 is 5.11 Å². The van der Waals surface area contributed by atoms with Gasteiger partial charge < -0.3 is 9.67 Å². The van der Waals surface area contributed by atoms with E-state index in [-0.39, 0.29) is 0 Å². The van der Waals surface area contributed by atoms with Crippen LogP contribution < -0.4 is 0 Å². The van der Waals surface area contributed by atoms with E-state index in [2.05, 4.69) is 67.1 Å². The maximum atomic E-state index is 9.52. The van der Waals surface area contributed by atoms with Crippen LogP contribution in [0.25, 0.3) is 22.0 Å². The first-order valence-corrected chi connectivity index (χ1v) is 8.55. The second kappa shape index (κ2) is 6.14. The lowest BCUT2D eigenvalue weighted by atomic mass is 9.98. The van der Waals surface area contributed by atoms with Gasteiger partial charge in [-0.2, -0.15) is 0 Å². The third-order valence-electron chi connectivity index (χ3n) is 5.05. The zero-order valence-electron chi connectivity index (χ0n) is 14.5. The summed E-state index contributed by atoms with van der Waals surface area (Å²) in [6.07, 6.45) is 0.934. The summed E-state index contributed by atoms with van der Waals surface area (Å²) in [5.74, 6) is 0.296. The molecule has 25 heavy (non-hydrogen) atoms. The summed E-state index contributed by atoms with van der Waals surface area (Å²) in [5.41, 5.74) is 7.56. The fourth-order valence-electron chi connectivity index (χ4n) is 3.50. The first-order chi connectivity index (χ1) is 12.1. The van der Waals surface area contributed by atoms with Crippen LogP contribution in [0.5, 0.6) is 5.75 Å². The Morgan fingerprint density at radius 2 is 1.52 bits per heavy atom. The topological polar surface area (TPSA) is 25.2 Å². The Morgan fingerprint density at radius 1 is 0.840 bits per heavy atom. The Labute approximate surface area is 148 Å². The van der Waals surface area contributed by atoms with E-state index in [1.54, 1.807) is 12.1 Å². The standard InChI is InChI=1S/C23H21NO/c1-16-21(14-17-6-4-3-5-7-17)22-15-19(10-13-23(22)24(16)2)18-8-11-20(25)12-9-18/h3-13,15,25H,14H2,1-2H3. The third-order valence-corrected chi connectivity index (χ3v) is 5.05. The number of nitrogens with zero attached hydrogens (tertiary/aromatic N) is 1. The fraction of sp³-hybridized carbons (Fsp3) is 0.130. The summed E-state index contributed by atoms with van der Waals surface area (Å²) >= 11 is 0. The van der Waals surface area contributed by atoms with Gasteiger partial charge in [-0.3, -0.25) is 0 Å². The second-order valence-corrected chi connectivity index (χ2v) is 6.56. The van der Waals surface area contributed by atoms with Crippen LogP contribution in [-0.2, 0) is 13.5 Å². The van der Waals surface area contributed by atoms with Crippen molar-refractivity contribution in [3.8, 4) is 16.9 Å². The molecule has 3 aromatic carbocycles. The van der Waals surface area contributed by atoms with Crippen molar-refractivity contribution in [3.63, 3.8) is 0 Å². The molecule has 4 rings (SSSR count). The van der Waals surface area contributed by atoms with Gasteiger partial charge >= 0.3 is 0 Å². The Hall–Kier alpha value is -3.00. The van der Waals surface area contributed by atoms with Crippen LogP contribution in [0.1, 0.15) is 16.8 Å². The molecule has 0 fully saturated rings. The number of aromatic nitrogens is 1. The number of hydrogen-bond donors (Lipinski definition) is 1. The molecule has 0 aliphatic carbocycles. The van der Waals surface area contributed by atoms with Gasteiger partial charge in [-0.25, -0.2) is 0 Å². The molecule has 1 N–H and O–H groups in total. The average molecular weight is 327 g/mol. The molecule has 2 heteroatoms. The monoisotopic (exact) mass is 327 g/mol. The summed E-state index contributed by atoms with van der Waals surface area (Å²) in [4.78, 5) is 0. The highest BCUT2D eigenvalue weighted by Crippen LogP contribution is 2.32. The van der Waals surface area contributed by atoms with Crippen molar-refractivity contribution in [2.75, 3.05) is 0 Å². The molecule has 0 radical (unpaired) electrons. The molecule has 0 saturated heterocycles. The molecular formula is C23H21NO. The van der Waals surface area contributed by atoms with Crippen LogP contribution in [-0.4, -0.2) is 9.67 Å². The minimum Gasteiger partial charge on any atom is -0.508 e. The van der Waals surface area contributed by atoms with Crippen LogP contribution in [0, 0.1) is 6.92 Å². The second-order valence-electron chi connectivity index (χ2n) is 6.56. The molecule has 4 aromatic rings. The third kappa shape index (κ3) is 2.80. The summed E-state index contributed by atoms with van der Waals surface area (Å²) in [5, 5.41) is 10.8. The first-order valence-electron chi connectivity index (χ1n) is 8.55. The van der Waals surface area contributed by atoms with Crippen molar-refractivity contribution in [3.05, 3.63) is 89.6 Å². The van der Waals surface area contributed by atoms with E-state index in [4.69, 9.17) is 0 Å². The molecule has 0 bridgehead atoms. The van der Waals surface area contributed by atoms with Gasteiger partial charge in [0.1, 0.15) is 5.75 Å². The number of aryl methyl sites for hydroxylation is 1. The van der Waals surface area contributed by atoms with E-state index in [1.165, 1.54) is 33.3 Å². The van der Waals surface area contributed by atoms with Crippen LogP contribution in [0.2, 0.25) is 0 Å². The first kappa shape index (κ1) is 15.5. The molecule has 0 aliphatic heterocycles. The number of phenols is 1. The number of aromatic hydroxyl groups is 1. The number of phenolic OH excluding ortho intramolecular Hbond substituents is 1. The van der Waals surface area contributed by atoms with Gasteiger partial charge in [0.15, 0.2) is 0 Å². The highest BCUT2D eigenvalue weighted by molar-refractivity contribution is 5.90. The molecule has 0 amide bonds. The van der Waals surface area contributed by atoms with Crippen LogP contribution in [0.4, 0.5) is 0 Å². The quantitative estimate of drug-likeness (QED) is 0.532. The number of hydrogen-bond acceptors (Lipinski definition) is 1. The lowest BCUT2D eigenvalue weighted by Crippen LogP contribution is -1.93. The van der Waals surface area contributed by atoms with Gasteiger partial charge in [-0.1, -0.05) is 48.5 Å². The van der Waals surface area contributed by atoms with Gasteiger partial charge in [0.25, 0.3) is 0 Å². The Morgan fingerprint density at radius 3 is 2.24 bits per heavy atom. The Kier molecular flexibility index (Phi) is 3.81. The van der Waals surface area contributed by atoms with Crippen molar-refractivity contribution in [2.24, 2.45) is 7.05 Å². The van der Waals surface area contributed by atoms with Gasteiger partial charge in [0.05, 0.1) is 0 Å². The van der Waals surface area contributed by atoms with E-state index < -0.39 is 0 Å². The van der Waals surface area contributed by atoms with E-state index in [1.807, 2.05) is 12.1 Å². The van der Waals surface area contributed by atoms with E-state index in [0.29, 0.717) is 5.75 Å². The SMILES string of the molecule is Cc1c(Cc2ccccc2)c2cc(-c3ccc(O)cc3)ccc2n1C. The highest BCUT2D eigenvalue weighted by atomic mass is 16.3. The molecule has 1 heterocycles. The van der Waals surface area contributed by atoms with E-state index >= 15 is 0 Å². The molecule has 0 saturated carbocycles. The van der Waals surface area contributed by atoms with E-state index in [9.17, 15) is 5.11 Å². The lowest BCUT2D eigenvalue weighted by molar-refractivity contribution is 0.475. The van der Waals surface area contributed by atoms with Crippen LogP contribution >= 0.6 is 0 Å². The smallest absolute Gasteiger partial charge is 0.115 e. The minimum atomic E-state index is 0.296.